The second-order valence-electron chi connectivity index (χ2n) is 5.61. The van der Waals surface area contributed by atoms with Gasteiger partial charge < -0.3 is 9.32 Å². The van der Waals surface area contributed by atoms with E-state index in [1.165, 1.54) is 12.1 Å². The molecule has 128 valence electrons. The van der Waals surface area contributed by atoms with Crippen LogP contribution in [0.25, 0.3) is 0 Å². The van der Waals surface area contributed by atoms with E-state index in [1.807, 2.05) is 30.3 Å². The van der Waals surface area contributed by atoms with Gasteiger partial charge in [0, 0.05) is 17.5 Å². The summed E-state index contributed by atoms with van der Waals surface area (Å²) >= 11 is 0. The van der Waals surface area contributed by atoms with Crippen LogP contribution in [0.4, 0.5) is 5.69 Å². The molecule has 0 fully saturated rings. The molecule has 3 aromatic rings. The van der Waals surface area contributed by atoms with Crippen molar-refractivity contribution in [2.75, 3.05) is 11.2 Å². The average molecular weight is 355 g/mol. The summed E-state index contributed by atoms with van der Waals surface area (Å²) in [6.07, 6.45) is 2.67. The molecule has 0 spiro atoms. The Morgan fingerprint density at radius 2 is 1.76 bits per heavy atom. The molecule has 0 unspecified atom stereocenters. The van der Waals surface area contributed by atoms with E-state index in [2.05, 4.69) is 0 Å². The molecule has 0 saturated heterocycles. The summed E-state index contributed by atoms with van der Waals surface area (Å²) in [6.45, 7) is 0.249. The largest absolute Gasteiger partial charge is 0.467 e. The second-order valence-corrected chi connectivity index (χ2v) is 7.62. The van der Waals surface area contributed by atoms with Crippen LogP contribution in [0.15, 0.2) is 82.3 Å². The van der Waals surface area contributed by atoms with Crippen molar-refractivity contribution in [3.05, 3.63) is 84.3 Å². The Labute approximate surface area is 146 Å². The minimum absolute atomic E-state index is 0.115. The van der Waals surface area contributed by atoms with Gasteiger partial charge in [-0.1, -0.05) is 24.3 Å². The molecule has 0 bridgehead atoms. The fourth-order valence-electron chi connectivity index (χ4n) is 2.46. The van der Waals surface area contributed by atoms with Crippen LogP contribution in [0.1, 0.15) is 16.1 Å². The highest BCUT2D eigenvalue weighted by atomic mass is 32.2. The zero-order chi connectivity index (χ0) is 17.9. The Balaban J connectivity index is 2.00. The van der Waals surface area contributed by atoms with E-state index in [-0.39, 0.29) is 17.3 Å². The second kappa shape index (κ2) is 6.94. The molecule has 0 aliphatic rings. The lowest BCUT2D eigenvalue weighted by Gasteiger charge is -2.22. The molecule has 5 nitrogen and oxygen atoms in total. The van der Waals surface area contributed by atoms with Crippen molar-refractivity contribution < 1.29 is 17.6 Å². The molecule has 0 radical (unpaired) electrons. The highest BCUT2D eigenvalue weighted by Crippen LogP contribution is 2.21. The van der Waals surface area contributed by atoms with Gasteiger partial charge in [0.15, 0.2) is 9.84 Å². The maximum Gasteiger partial charge on any atom is 0.258 e. The van der Waals surface area contributed by atoms with Crippen LogP contribution in [-0.4, -0.2) is 20.6 Å². The summed E-state index contributed by atoms with van der Waals surface area (Å²) in [5.41, 5.74) is 1.01. The molecule has 0 N–H and O–H groups in total. The fraction of sp³-hybridized carbons (Fsp3) is 0.105. The molecular formula is C19H17NO4S. The monoisotopic (exact) mass is 355 g/mol. The van der Waals surface area contributed by atoms with E-state index in [9.17, 15) is 13.2 Å². The first-order valence-corrected chi connectivity index (χ1v) is 9.54. The first kappa shape index (κ1) is 17.0. The maximum atomic E-state index is 13.0. The average Bonchev–Trinajstić information content (AvgIpc) is 3.12. The molecule has 0 saturated carbocycles. The van der Waals surface area contributed by atoms with Crippen molar-refractivity contribution in [2.24, 2.45) is 0 Å². The summed E-state index contributed by atoms with van der Waals surface area (Å²) < 4.78 is 28.9. The number of nitrogens with zero attached hydrogens (tertiary/aromatic N) is 1. The quantitative estimate of drug-likeness (QED) is 0.702. The topological polar surface area (TPSA) is 67.6 Å². The Bertz CT molecular complexity index is 964. The Morgan fingerprint density at radius 3 is 2.40 bits per heavy atom. The molecule has 6 heteroatoms. The third-order valence-electron chi connectivity index (χ3n) is 3.72. The minimum atomic E-state index is -3.39. The fourth-order valence-corrected chi connectivity index (χ4v) is 3.13. The number of hydrogen-bond donors (Lipinski definition) is 0. The van der Waals surface area contributed by atoms with Gasteiger partial charge in [0.1, 0.15) is 5.76 Å². The van der Waals surface area contributed by atoms with Crippen LogP contribution >= 0.6 is 0 Å². The number of amides is 1. The zero-order valence-electron chi connectivity index (χ0n) is 13.6. The number of rotatable bonds is 5. The molecule has 2 aromatic carbocycles. The van der Waals surface area contributed by atoms with Gasteiger partial charge in [-0.25, -0.2) is 8.42 Å². The van der Waals surface area contributed by atoms with E-state index >= 15 is 0 Å². The van der Waals surface area contributed by atoms with Gasteiger partial charge in [0.05, 0.1) is 17.7 Å². The molecule has 1 aromatic heterocycles. The van der Waals surface area contributed by atoms with Crippen molar-refractivity contribution in [3.8, 4) is 0 Å². The lowest BCUT2D eigenvalue weighted by Crippen LogP contribution is -2.30. The molecule has 1 heterocycles. The number of sulfone groups is 1. The van der Waals surface area contributed by atoms with Crippen molar-refractivity contribution >= 4 is 21.4 Å². The Morgan fingerprint density at radius 1 is 1.00 bits per heavy atom. The van der Waals surface area contributed by atoms with Crippen LogP contribution in [0.2, 0.25) is 0 Å². The Kier molecular flexibility index (Phi) is 4.72. The molecule has 3 rings (SSSR count). The van der Waals surface area contributed by atoms with Gasteiger partial charge in [0.25, 0.3) is 5.91 Å². The normalized spacial score (nSPS) is 11.2. The summed E-state index contributed by atoms with van der Waals surface area (Å²) in [5.74, 6) is 0.338. The molecule has 0 aliphatic heterocycles. The minimum Gasteiger partial charge on any atom is -0.467 e. The number of para-hydroxylation sites is 1. The van der Waals surface area contributed by atoms with E-state index in [1.54, 1.807) is 35.4 Å². The number of anilines is 1. The van der Waals surface area contributed by atoms with Crippen LogP contribution in [0.3, 0.4) is 0 Å². The first-order chi connectivity index (χ1) is 11.9. The number of carbonyl (C=O) groups excluding carboxylic acids is 1. The van der Waals surface area contributed by atoms with Gasteiger partial charge in [-0.15, -0.1) is 0 Å². The summed E-state index contributed by atoms with van der Waals surface area (Å²) in [4.78, 5) is 14.7. The Hall–Kier alpha value is -2.86. The van der Waals surface area contributed by atoms with Gasteiger partial charge >= 0.3 is 0 Å². The molecule has 1 amide bonds. The molecule has 0 aliphatic carbocycles. The van der Waals surface area contributed by atoms with E-state index in [4.69, 9.17) is 4.42 Å². The van der Waals surface area contributed by atoms with Crippen molar-refractivity contribution in [1.29, 1.82) is 0 Å². The highest BCUT2D eigenvalue weighted by Gasteiger charge is 2.20. The predicted octanol–water partition coefficient (Wildman–Crippen LogP) is 3.53. The lowest BCUT2D eigenvalue weighted by molar-refractivity contribution is 0.0983. The van der Waals surface area contributed by atoms with Gasteiger partial charge in [-0.05, 0) is 42.5 Å². The highest BCUT2D eigenvalue weighted by molar-refractivity contribution is 7.90. The molecular weight excluding hydrogens is 338 g/mol. The first-order valence-electron chi connectivity index (χ1n) is 7.64. The number of hydrogen-bond acceptors (Lipinski definition) is 4. The van der Waals surface area contributed by atoms with Gasteiger partial charge in [0.2, 0.25) is 0 Å². The number of carbonyl (C=O) groups is 1. The number of benzene rings is 2. The summed E-state index contributed by atoms with van der Waals surface area (Å²) in [6, 6.07) is 18.8. The van der Waals surface area contributed by atoms with Crippen molar-refractivity contribution in [1.82, 2.24) is 0 Å². The van der Waals surface area contributed by atoms with Gasteiger partial charge in [-0.2, -0.15) is 0 Å². The molecule has 0 atom stereocenters. The van der Waals surface area contributed by atoms with Crippen molar-refractivity contribution in [3.63, 3.8) is 0 Å². The van der Waals surface area contributed by atoms with Crippen LogP contribution in [-0.2, 0) is 16.4 Å². The van der Waals surface area contributed by atoms with E-state index in [0.717, 1.165) is 6.26 Å². The SMILES string of the molecule is CS(=O)(=O)c1cccc(C(=O)N(Cc2ccco2)c2ccccc2)c1. The smallest absolute Gasteiger partial charge is 0.258 e. The van der Waals surface area contributed by atoms with Crippen LogP contribution in [0, 0.1) is 0 Å². The van der Waals surface area contributed by atoms with Crippen molar-refractivity contribution in [2.45, 2.75) is 11.4 Å². The van der Waals surface area contributed by atoms with Crippen LogP contribution in [0.5, 0.6) is 0 Å². The van der Waals surface area contributed by atoms with E-state index < -0.39 is 9.84 Å². The summed E-state index contributed by atoms with van der Waals surface area (Å²) in [7, 11) is -3.39. The zero-order valence-corrected chi connectivity index (χ0v) is 14.4. The maximum absolute atomic E-state index is 13.0. The predicted molar refractivity (Wildman–Crippen MR) is 95.2 cm³/mol. The standard InChI is InChI=1S/C19H17NO4S/c1-25(22,23)18-11-5-7-15(13-18)19(21)20(14-17-10-6-12-24-17)16-8-3-2-4-9-16/h2-13H,14H2,1H3. The lowest BCUT2D eigenvalue weighted by atomic mass is 10.1. The number of furan rings is 1. The third kappa shape index (κ3) is 3.97. The van der Waals surface area contributed by atoms with Gasteiger partial charge in [-0.3, -0.25) is 4.79 Å². The van der Waals surface area contributed by atoms with Crippen LogP contribution < -0.4 is 4.90 Å². The summed E-state index contributed by atoms with van der Waals surface area (Å²) in [5, 5.41) is 0. The third-order valence-corrected chi connectivity index (χ3v) is 4.83. The van der Waals surface area contributed by atoms with E-state index in [0.29, 0.717) is 17.0 Å². The molecule has 25 heavy (non-hydrogen) atoms.